The lowest BCUT2D eigenvalue weighted by Gasteiger charge is -2.27. The third-order valence-corrected chi connectivity index (χ3v) is 4.87. The maximum absolute atomic E-state index is 13.5. The molecule has 2 N–H and O–H groups in total. The van der Waals surface area contributed by atoms with E-state index in [-0.39, 0.29) is 17.2 Å². The van der Waals surface area contributed by atoms with Gasteiger partial charge in [-0.1, -0.05) is 11.6 Å². The molecule has 0 amide bonds. The van der Waals surface area contributed by atoms with Crippen LogP contribution in [0, 0.1) is 0 Å². The van der Waals surface area contributed by atoms with Gasteiger partial charge in [0.1, 0.15) is 6.54 Å². The summed E-state index contributed by atoms with van der Waals surface area (Å²) >= 11 is 5.54. The van der Waals surface area contributed by atoms with Crippen molar-refractivity contribution in [3.8, 4) is 0 Å². The van der Waals surface area contributed by atoms with Crippen molar-refractivity contribution < 1.29 is 49.1 Å². The number of anilines is 1. The zero-order valence-electron chi connectivity index (χ0n) is 11.5. The Kier molecular flexibility index (Phi) is 5.55. The lowest BCUT2D eigenvalue weighted by molar-refractivity contribution is -0.332. The number of rotatable bonds is 6. The second-order valence-corrected chi connectivity index (χ2v) is 6.88. The molecule has 0 saturated heterocycles. The average molecular weight is 418 g/mol. The highest BCUT2D eigenvalue weighted by molar-refractivity contribution is 7.92. The minimum Gasteiger partial charge on any atom is -0.480 e. The maximum atomic E-state index is 13.5. The Balaban J connectivity index is 3.44. The van der Waals surface area contributed by atoms with Gasteiger partial charge in [0.2, 0.25) is 9.84 Å². The van der Waals surface area contributed by atoms with Gasteiger partial charge in [0.15, 0.2) is 0 Å². The molecule has 0 fully saturated rings. The van der Waals surface area contributed by atoms with Crippen molar-refractivity contribution in [2.75, 3.05) is 11.9 Å². The SMILES string of the molecule is O=C(O)CNc1cc(S(=O)(=O)C(F)(F)C(F)(F)C(F)(F)F)ccc1Cl. The van der Waals surface area contributed by atoms with E-state index in [1.54, 1.807) is 0 Å². The van der Waals surface area contributed by atoms with Gasteiger partial charge in [-0.2, -0.15) is 30.7 Å². The summed E-state index contributed by atoms with van der Waals surface area (Å²) in [6, 6.07) is 1.12. The number of nitrogens with one attached hydrogen (secondary N) is 1. The molecule has 1 rings (SSSR count). The predicted octanol–water partition coefficient (Wildman–Crippen LogP) is 3.40. The molecule has 0 heterocycles. The molecule has 25 heavy (non-hydrogen) atoms. The Hall–Kier alpha value is -1.76. The number of hydrogen-bond donors (Lipinski definition) is 2. The summed E-state index contributed by atoms with van der Waals surface area (Å²) in [7, 11) is -6.51. The lowest BCUT2D eigenvalue weighted by atomic mass is 10.3. The largest absolute Gasteiger partial charge is 0.480 e. The van der Waals surface area contributed by atoms with Crippen LogP contribution in [0.1, 0.15) is 0 Å². The molecule has 0 saturated carbocycles. The molecular weight excluding hydrogens is 411 g/mol. The molecule has 0 aliphatic rings. The fraction of sp³-hybridized carbons (Fsp3) is 0.364. The van der Waals surface area contributed by atoms with E-state index in [2.05, 4.69) is 0 Å². The van der Waals surface area contributed by atoms with E-state index in [1.165, 1.54) is 0 Å². The monoisotopic (exact) mass is 417 g/mol. The van der Waals surface area contributed by atoms with Crippen LogP contribution in [-0.4, -0.2) is 43.4 Å². The molecule has 1 aromatic carbocycles. The summed E-state index contributed by atoms with van der Waals surface area (Å²) in [4.78, 5) is 8.79. The van der Waals surface area contributed by atoms with Crippen molar-refractivity contribution in [3.05, 3.63) is 23.2 Å². The second kappa shape index (κ2) is 6.52. The van der Waals surface area contributed by atoms with Crippen molar-refractivity contribution in [1.29, 1.82) is 0 Å². The highest BCUT2D eigenvalue weighted by Crippen LogP contribution is 2.51. The Bertz CT molecular complexity index is 779. The van der Waals surface area contributed by atoms with Gasteiger partial charge >= 0.3 is 23.3 Å². The fourth-order valence-corrected chi connectivity index (χ4v) is 2.91. The van der Waals surface area contributed by atoms with E-state index in [1.807, 2.05) is 5.32 Å². The van der Waals surface area contributed by atoms with Crippen LogP contribution in [0.5, 0.6) is 0 Å². The zero-order valence-corrected chi connectivity index (χ0v) is 13.1. The number of carbonyl (C=O) groups is 1. The number of sulfone groups is 1. The highest BCUT2D eigenvalue weighted by Gasteiger charge is 2.78. The average Bonchev–Trinajstić information content (AvgIpc) is 2.44. The summed E-state index contributed by atoms with van der Waals surface area (Å²) in [6.45, 7) is -0.863. The molecule has 5 nitrogen and oxygen atoms in total. The third kappa shape index (κ3) is 3.76. The Labute approximate surface area is 140 Å². The number of carboxylic acids is 1. The van der Waals surface area contributed by atoms with Crippen LogP contribution in [0.4, 0.5) is 36.4 Å². The van der Waals surface area contributed by atoms with Gasteiger partial charge in [-0.25, -0.2) is 8.42 Å². The summed E-state index contributed by atoms with van der Waals surface area (Å²) < 4.78 is 113. The smallest absolute Gasteiger partial charge is 0.461 e. The summed E-state index contributed by atoms with van der Waals surface area (Å²) in [5.41, 5.74) is -0.573. The van der Waals surface area contributed by atoms with E-state index < -0.39 is 50.3 Å². The number of benzene rings is 1. The van der Waals surface area contributed by atoms with Gasteiger partial charge in [-0.05, 0) is 18.2 Å². The van der Waals surface area contributed by atoms with Gasteiger partial charge in [0.05, 0.1) is 15.6 Å². The van der Waals surface area contributed by atoms with Crippen molar-refractivity contribution in [2.24, 2.45) is 0 Å². The first-order valence-corrected chi connectivity index (χ1v) is 7.74. The minimum absolute atomic E-state index is 0.223. The van der Waals surface area contributed by atoms with Crippen LogP contribution in [0.15, 0.2) is 23.1 Å². The van der Waals surface area contributed by atoms with E-state index >= 15 is 0 Å². The minimum atomic E-state index is -6.87. The van der Waals surface area contributed by atoms with Gasteiger partial charge in [0.25, 0.3) is 0 Å². The topological polar surface area (TPSA) is 83.5 Å². The van der Waals surface area contributed by atoms with Crippen molar-refractivity contribution >= 4 is 33.1 Å². The van der Waals surface area contributed by atoms with Crippen LogP contribution >= 0.6 is 11.6 Å². The van der Waals surface area contributed by atoms with E-state index in [0.717, 1.165) is 0 Å². The third-order valence-electron chi connectivity index (χ3n) is 2.74. The van der Waals surface area contributed by atoms with Crippen LogP contribution in [0.3, 0.4) is 0 Å². The molecule has 0 unspecified atom stereocenters. The molecule has 0 radical (unpaired) electrons. The standard InChI is InChI=1S/C11H7ClF7NO4S/c12-6-2-1-5(3-7(6)20-4-8(21)22)25(23,24)11(18,19)9(13,14)10(15,16)17/h1-3,20H,4H2,(H,21,22). The zero-order chi connectivity index (χ0) is 19.8. The van der Waals surface area contributed by atoms with Crippen molar-refractivity contribution in [3.63, 3.8) is 0 Å². The molecule has 0 aliphatic heterocycles. The maximum Gasteiger partial charge on any atom is 0.461 e. The summed E-state index contributed by atoms with van der Waals surface area (Å²) in [5, 5.41) is 3.55. The Morgan fingerprint density at radius 2 is 1.64 bits per heavy atom. The lowest BCUT2D eigenvalue weighted by Crippen LogP contribution is -2.55. The molecular formula is C11H7ClF7NO4S. The van der Waals surface area contributed by atoms with Gasteiger partial charge in [0, 0.05) is 0 Å². The number of hydrogen-bond acceptors (Lipinski definition) is 4. The predicted molar refractivity (Wildman–Crippen MR) is 70.7 cm³/mol. The molecule has 0 aromatic heterocycles. The van der Waals surface area contributed by atoms with Gasteiger partial charge in [-0.15, -0.1) is 0 Å². The van der Waals surface area contributed by atoms with Crippen LogP contribution in [-0.2, 0) is 14.6 Å². The number of alkyl halides is 7. The van der Waals surface area contributed by atoms with E-state index in [9.17, 15) is 43.9 Å². The molecule has 0 atom stereocenters. The molecule has 1 aromatic rings. The first kappa shape index (κ1) is 21.3. The molecule has 0 spiro atoms. The fourth-order valence-electron chi connectivity index (χ4n) is 1.46. The normalized spacial score (nSPS) is 13.6. The van der Waals surface area contributed by atoms with E-state index in [4.69, 9.17) is 16.7 Å². The quantitative estimate of drug-likeness (QED) is 0.693. The summed E-state index contributed by atoms with van der Waals surface area (Å²) in [5.74, 6) is -8.34. The van der Waals surface area contributed by atoms with E-state index in [0.29, 0.717) is 6.07 Å². The Morgan fingerprint density at radius 1 is 1.12 bits per heavy atom. The van der Waals surface area contributed by atoms with Crippen LogP contribution < -0.4 is 5.32 Å². The van der Waals surface area contributed by atoms with Crippen LogP contribution in [0.25, 0.3) is 0 Å². The van der Waals surface area contributed by atoms with Gasteiger partial charge < -0.3 is 10.4 Å². The van der Waals surface area contributed by atoms with Crippen LogP contribution in [0.2, 0.25) is 5.02 Å². The van der Waals surface area contributed by atoms with Gasteiger partial charge in [-0.3, -0.25) is 4.79 Å². The van der Waals surface area contributed by atoms with Crippen molar-refractivity contribution in [2.45, 2.75) is 22.2 Å². The first-order valence-electron chi connectivity index (χ1n) is 5.88. The molecule has 0 bridgehead atoms. The molecule has 14 heteroatoms. The number of carboxylic acid groups (broad SMARTS) is 1. The molecule has 0 aliphatic carbocycles. The number of halogens is 8. The number of aliphatic carboxylic acids is 1. The molecule has 142 valence electrons. The summed E-state index contributed by atoms with van der Waals surface area (Å²) in [6.07, 6.45) is -6.83. The highest BCUT2D eigenvalue weighted by atomic mass is 35.5. The Morgan fingerprint density at radius 3 is 2.08 bits per heavy atom. The second-order valence-electron chi connectivity index (χ2n) is 4.48. The van der Waals surface area contributed by atoms with Crippen molar-refractivity contribution in [1.82, 2.24) is 0 Å². The first-order chi connectivity index (χ1) is 11.1.